The second kappa shape index (κ2) is 7.79. The first-order valence-corrected chi connectivity index (χ1v) is 6.71. The topological polar surface area (TPSA) is 50.4 Å². The van der Waals surface area contributed by atoms with Crippen molar-refractivity contribution >= 4 is 6.03 Å². The highest BCUT2D eigenvalue weighted by Gasteiger charge is 2.11. The summed E-state index contributed by atoms with van der Waals surface area (Å²) in [7, 11) is 1.62. The summed E-state index contributed by atoms with van der Waals surface area (Å²) in [6, 6.07) is 8.12. The number of aryl methyl sites for hydroxylation is 1. The van der Waals surface area contributed by atoms with Gasteiger partial charge in [-0.05, 0) is 31.4 Å². The molecule has 4 heteroatoms. The van der Waals surface area contributed by atoms with Gasteiger partial charge in [-0.25, -0.2) is 4.79 Å². The number of rotatable bonds is 6. The van der Waals surface area contributed by atoms with Crippen molar-refractivity contribution in [1.82, 2.24) is 10.6 Å². The molecule has 0 heterocycles. The normalized spacial score (nSPS) is 13.7. The molecule has 2 unspecified atom stereocenters. The van der Waals surface area contributed by atoms with Crippen molar-refractivity contribution in [1.29, 1.82) is 0 Å². The quantitative estimate of drug-likeness (QED) is 0.830. The van der Waals surface area contributed by atoms with Crippen LogP contribution in [0.25, 0.3) is 0 Å². The van der Waals surface area contributed by atoms with E-state index >= 15 is 0 Å². The van der Waals surface area contributed by atoms with Gasteiger partial charge in [0.25, 0.3) is 0 Å². The van der Waals surface area contributed by atoms with E-state index in [0.29, 0.717) is 6.61 Å². The summed E-state index contributed by atoms with van der Waals surface area (Å²) < 4.78 is 4.98. The summed E-state index contributed by atoms with van der Waals surface area (Å²) >= 11 is 0. The Bertz CT molecular complexity index is 390. The van der Waals surface area contributed by atoms with E-state index < -0.39 is 0 Å². The second-order valence-electron chi connectivity index (χ2n) is 4.79. The number of ether oxygens (including phenoxy) is 1. The summed E-state index contributed by atoms with van der Waals surface area (Å²) in [5.74, 6) is 0. The lowest BCUT2D eigenvalue weighted by atomic mass is 10.1. The summed E-state index contributed by atoms with van der Waals surface area (Å²) in [5.41, 5.74) is 2.40. The van der Waals surface area contributed by atoms with Crippen molar-refractivity contribution in [2.24, 2.45) is 0 Å². The van der Waals surface area contributed by atoms with E-state index in [1.165, 1.54) is 5.56 Å². The monoisotopic (exact) mass is 264 g/mol. The molecule has 0 saturated heterocycles. The predicted molar refractivity (Wildman–Crippen MR) is 77.2 cm³/mol. The molecule has 0 spiro atoms. The van der Waals surface area contributed by atoms with Crippen LogP contribution in [0.15, 0.2) is 24.3 Å². The lowest BCUT2D eigenvalue weighted by Crippen LogP contribution is -2.43. The van der Waals surface area contributed by atoms with Gasteiger partial charge < -0.3 is 15.4 Å². The number of methoxy groups -OCH3 is 1. The van der Waals surface area contributed by atoms with Crippen LogP contribution in [-0.4, -0.2) is 25.8 Å². The van der Waals surface area contributed by atoms with Crippen LogP contribution in [0.1, 0.15) is 37.9 Å². The van der Waals surface area contributed by atoms with Gasteiger partial charge in [-0.15, -0.1) is 0 Å². The Morgan fingerprint density at radius 2 is 1.84 bits per heavy atom. The number of benzene rings is 1. The molecule has 0 radical (unpaired) electrons. The summed E-state index contributed by atoms with van der Waals surface area (Å²) in [5, 5.41) is 5.75. The van der Waals surface area contributed by atoms with Crippen molar-refractivity contribution in [2.75, 3.05) is 13.7 Å². The third kappa shape index (κ3) is 5.30. The van der Waals surface area contributed by atoms with Gasteiger partial charge in [-0.2, -0.15) is 0 Å². The molecule has 1 aromatic rings. The van der Waals surface area contributed by atoms with Gasteiger partial charge in [-0.3, -0.25) is 0 Å². The number of hydrogen-bond acceptors (Lipinski definition) is 2. The van der Waals surface area contributed by atoms with Crippen LogP contribution in [0.4, 0.5) is 4.79 Å². The van der Waals surface area contributed by atoms with E-state index in [1.807, 2.05) is 13.8 Å². The zero-order chi connectivity index (χ0) is 14.3. The summed E-state index contributed by atoms with van der Waals surface area (Å²) in [4.78, 5) is 11.8. The molecule has 1 aromatic carbocycles. The Balaban J connectivity index is 2.48. The average Bonchev–Trinajstić information content (AvgIpc) is 2.38. The Kier molecular flexibility index (Phi) is 6.36. The van der Waals surface area contributed by atoms with Gasteiger partial charge in [0, 0.05) is 7.11 Å². The summed E-state index contributed by atoms with van der Waals surface area (Å²) in [6.07, 6.45) is 1.02. The van der Waals surface area contributed by atoms with Crippen molar-refractivity contribution < 1.29 is 9.53 Å². The zero-order valence-electron chi connectivity index (χ0n) is 12.2. The Hall–Kier alpha value is -1.55. The molecule has 0 aliphatic carbocycles. The molecule has 2 atom stereocenters. The first-order chi connectivity index (χ1) is 9.06. The van der Waals surface area contributed by atoms with Gasteiger partial charge in [-0.1, -0.05) is 31.2 Å². The van der Waals surface area contributed by atoms with Gasteiger partial charge in [0.05, 0.1) is 18.7 Å². The van der Waals surface area contributed by atoms with E-state index in [1.54, 1.807) is 7.11 Å². The Labute approximate surface area is 115 Å². The SMILES string of the molecule is CCc1ccc(C(C)NC(=O)NC(C)COC)cc1. The fraction of sp³-hybridized carbons (Fsp3) is 0.533. The van der Waals surface area contributed by atoms with Gasteiger partial charge in [0.15, 0.2) is 0 Å². The largest absolute Gasteiger partial charge is 0.383 e. The minimum Gasteiger partial charge on any atom is -0.383 e. The minimum atomic E-state index is -0.170. The molecule has 4 nitrogen and oxygen atoms in total. The summed E-state index contributed by atoms with van der Waals surface area (Å²) in [6.45, 7) is 6.51. The molecule has 2 N–H and O–H groups in total. The number of amides is 2. The Morgan fingerprint density at radius 3 is 2.37 bits per heavy atom. The molecule has 0 aliphatic heterocycles. The minimum absolute atomic E-state index is 0.000308. The van der Waals surface area contributed by atoms with Crippen molar-refractivity contribution in [3.63, 3.8) is 0 Å². The molecular weight excluding hydrogens is 240 g/mol. The molecule has 0 saturated carbocycles. The van der Waals surface area contributed by atoms with Crippen molar-refractivity contribution in [2.45, 2.75) is 39.3 Å². The highest BCUT2D eigenvalue weighted by atomic mass is 16.5. The fourth-order valence-corrected chi connectivity index (χ4v) is 1.88. The van der Waals surface area contributed by atoms with Gasteiger partial charge >= 0.3 is 6.03 Å². The third-order valence-corrected chi connectivity index (χ3v) is 3.03. The standard InChI is InChI=1S/C15H24N2O2/c1-5-13-6-8-14(9-7-13)12(3)17-15(18)16-11(2)10-19-4/h6-9,11-12H,5,10H2,1-4H3,(H2,16,17,18). The number of nitrogens with one attached hydrogen (secondary N) is 2. The molecule has 0 aromatic heterocycles. The maximum absolute atomic E-state index is 11.8. The van der Waals surface area contributed by atoms with Gasteiger partial charge in [0.2, 0.25) is 0 Å². The first kappa shape index (κ1) is 15.5. The van der Waals surface area contributed by atoms with Gasteiger partial charge in [0.1, 0.15) is 0 Å². The molecule has 0 fully saturated rings. The van der Waals surface area contributed by atoms with E-state index in [0.717, 1.165) is 12.0 Å². The van der Waals surface area contributed by atoms with E-state index in [2.05, 4.69) is 41.8 Å². The fourth-order valence-electron chi connectivity index (χ4n) is 1.88. The number of carbonyl (C=O) groups excluding carboxylic acids is 1. The van der Waals surface area contributed by atoms with Crippen LogP contribution in [-0.2, 0) is 11.2 Å². The number of hydrogen-bond donors (Lipinski definition) is 2. The predicted octanol–water partition coefficient (Wildman–Crippen LogP) is 2.64. The maximum atomic E-state index is 11.8. The smallest absolute Gasteiger partial charge is 0.315 e. The van der Waals surface area contributed by atoms with E-state index in [-0.39, 0.29) is 18.1 Å². The van der Waals surface area contributed by atoms with Crippen molar-refractivity contribution in [3.8, 4) is 0 Å². The second-order valence-corrected chi connectivity index (χ2v) is 4.79. The number of carbonyl (C=O) groups is 1. The number of urea groups is 1. The van der Waals surface area contributed by atoms with Crippen LogP contribution in [0.3, 0.4) is 0 Å². The van der Waals surface area contributed by atoms with E-state index in [9.17, 15) is 4.79 Å². The molecule has 1 rings (SSSR count). The zero-order valence-corrected chi connectivity index (χ0v) is 12.2. The molecular formula is C15H24N2O2. The van der Waals surface area contributed by atoms with Crippen molar-refractivity contribution in [3.05, 3.63) is 35.4 Å². The third-order valence-electron chi connectivity index (χ3n) is 3.03. The molecule has 2 amide bonds. The molecule has 19 heavy (non-hydrogen) atoms. The van der Waals surface area contributed by atoms with Crippen LogP contribution < -0.4 is 10.6 Å². The maximum Gasteiger partial charge on any atom is 0.315 e. The lowest BCUT2D eigenvalue weighted by Gasteiger charge is -2.18. The highest BCUT2D eigenvalue weighted by Crippen LogP contribution is 2.13. The van der Waals surface area contributed by atoms with E-state index in [4.69, 9.17) is 4.74 Å². The Morgan fingerprint density at radius 1 is 1.21 bits per heavy atom. The molecule has 0 bridgehead atoms. The van der Waals surface area contributed by atoms with Crippen LogP contribution in [0.5, 0.6) is 0 Å². The molecule has 0 aliphatic rings. The van der Waals surface area contributed by atoms with Crippen LogP contribution >= 0.6 is 0 Å². The highest BCUT2D eigenvalue weighted by molar-refractivity contribution is 5.74. The average molecular weight is 264 g/mol. The van der Waals surface area contributed by atoms with Crippen LogP contribution in [0.2, 0.25) is 0 Å². The van der Waals surface area contributed by atoms with Crippen LogP contribution in [0, 0.1) is 0 Å². The first-order valence-electron chi connectivity index (χ1n) is 6.71. The lowest BCUT2D eigenvalue weighted by molar-refractivity contribution is 0.170. The molecule has 106 valence electrons.